The van der Waals surface area contributed by atoms with Crippen molar-refractivity contribution in [2.45, 2.75) is 0 Å². The fourth-order valence-corrected chi connectivity index (χ4v) is 2.13. The van der Waals surface area contributed by atoms with E-state index in [0.29, 0.717) is 24.7 Å². The first-order chi connectivity index (χ1) is 8.84. The first kappa shape index (κ1) is 11.2. The van der Waals surface area contributed by atoms with E-state index < -0.39 is 0 Å². The van der Waals surface area contributed by atoms with E-state index in [2.05, 4.69) is 0 Å². The molecule has 2 aliphatic heterocycles. The van der Waals surface area contributed by atoms with E-state index in [1.54, 1.807) is 0 Å². The number of hydrogen-bond acceptors (Lipinski definition) is 3. The Bertz CT molecular complexity index is 523. The van der Waals surface area contributed by atoms with Crippen LogP contribution in [-0.4, -0.2) is 42.6 Å². The highest BCUT2D eigenvalue weighted by Crippen LogP contribution is 2.21. The molecule has 0 aliphatic carbocycles. The average molecular weight is 244 g/mol. The molecule has 0 bridgehead atoms. The number of morpholine rings is 1. The van der Waals surface area contributed by atoms with Gasteiger partial charge >= 0.3 is 5.97 Å². The number of hydrogen-bond donors (Lipinski definition) is 0. The molecule has 0 unspecified atom stereocenters. The standard InChI is InChI=1S/C14H14NO3/c16-14-12(15-6-8-17-9-7-15)10-13(18-14)11-4-2-1-3-5-11/h1-5,10H,6-9H2/q+1. The zero-order valence-electron chi connectivity index (χ0n) is 9.96. The van der Waals surface area contributed by atoms with Gasteiger partial charge in [0, 0.05) is 5.56 Å². The molecule has 0 radical (unpaired) electrons. The van der Waals surface area contributed by atoms with Crippen molar-refractivity contribution < 1.29 is 18.8 Å². The first-order valence-corrected chi connectivity index (χ1v) is 6.03. The summed E-state index contributed by atoms with van der Waals surface area (Å²) in [5, 5.41) is 0. The monoisotopic (exact) mass is 244 g/mol. The molecule has 1 aromatic carbocycles. The van der Waals surface area contributed by atoms with E-state index in [-0.39, 0.29) is 5.97 Å². The molecule has 3 rings (SSSR count). The highest BCUT2D eigenvalue weighted by molar-refractivity contribution is 6.43. The van der Waals surface area contributed by atoms with E-state index in [9.17, 15) is 4.79 Å². The van der Waals surface area contributed by atoms with Gasteiger partial charge in [-0.25, -0.2) is 9.37 Å². The summed E-state index contributed by atoms with van der Waals surface area (Å²) < 4.78 is 12.6. The van der Waals surface area contributed by atoms with Crippen LogP contribution >= 0.6 is 0 Å². The van der Waals surface area contributed by atoms with Crippen LogP contribution in [0.15, 0.2) is 36.4 Å². The van der Waals surface area contributed by atoms with Crippen molar-refractivity contribution in [2.75, 3.05) is 26.3 Å². The summed E-state index contributed by atoms with van der Waals surface area (Å²) in [6, 6.07) is 9.66. The van der Waals surface area contributed by atoms with Crippen molar-refractivity contribution in [1.82, 2.24) is 0 Å². The second kappa shape index (κ2) is 4.74. The Balaban J connectivity index is 1.94. The maximum atomic E-state index is 11.9. The second-order valence-corrected chi connectivity index (χ2v) is 4.25. The second-order valence-electron chi connectivity index (χ2n) is 4.25. The molecule has 0 aromatic heterocycles. The number of benzene rings is 1. The van der Waals surface area contributed by atoms with Crippen LogP contribution in [0.1, 0.15) is 5.56 Å². The zero-order valence-corrected chi connectivity index (χ0v) is 9.96. The Hall–Kier alpha value is -1.94. The van der Waals surface area contributed by atoms with E-state index in [1.165, 1.54) is 0 Å². The molecule has 0 spiro atoms. The largest absolute Gasteiger partial charge is 0.418 e. The minimum absolute atomic E-state index is 0.268. The van der Waals surface area contributed by atoms with Gasteiger partial charge in [-0.2, -0.15) is 0 Å². The van der Waals surface area contributed by atoms with Gasteiger partial charge in [-0.15, -0.1) is 0 Å². The highest BCUT2D eigenvalue weighted by Gasteiger charge is 2.32. The Kier molecular flexibility index (Phi) is 2.94. The molecule has 2 heterocycles. The molecule has 0 amide bonds. The molecule has 0 saturated carbocycles. The average Bonchev–Trinajstić information content (AvgIpc) is 2.83. The number of carbonyl (C=O) groups is 1. The number of carbonyl (C=O) groups excluding carboxylic acids is 1. The Morgan fingerprint density at radius 1 is 1.06 bits per heavy atom. The number of esters is 1. The molecule has 92 valence electrons. The van der Waals surface area contributed by atoms with Gasteiger partial charge in [0.25, 0.3) is 5.71 Å². The molecular weight excluding hydrogens is 230 g/mol. The summed E-state index contributed by atoms with van der Waals surface area (Å²) in [7, 11) is 0. The molecule has 1 aromatic rings. The predicted octanol–water partition coefficient (Wildman–Crippen LogP) is 1.07. The van der Waals surface area contributed by atoms with Gasteiger partial charge in [-0.1, -0.05) is 30.3 Å². The third-order valence-corrected chi connectivity index (χ3v) is 3.09. The summed E-state index contributed by atoms with van der Waals surface area (Å²) >= 11 is 0. The maximum absolute atomic E-state index is 11.9. The topological polar surface area (TPSA) is 38.5 Å². The Morgan fingerprint density at radius 3 is 2.50 bits per heavy atom. The minimum atomic E-state index is -0.268. The lowest BCUT2D eigenvalue weighted by Crippen LogP contribution is -2.34. The van der Waals surface area contributed by atoms with Gasteiger partial charge in [-0.05, 0) is 0 Å². The first-order valence-electron chi connectivity index (χ1n) is 6.03. The van der Waals surface area contributed by atoms with Crippen LogP contribution in [0.5, 0.6) is 0 Å². The lowest BCUT2D eigenvalue weighted by molar-refractivity contribution is -0.547. The summed E-state index contributed by atoms with van der Waals surface area (Å²) in [6.07, 6.45) is 1.82. The van der Waals surface area contributed by atoms with Crippen LogP contribution in [0.25, 0.3) is 5.76 Å². The normalized spacial score (nSPS) is 19.8. The van der Waals surface area contributed by atoms with Crippen molar-refractivity contribution in [3.05, 3.63) is 42.0 Å². The van der Waals surface area contributed by atoms with E-state index in [4.69, 9.17) is 9.47 Å². The quantitative estimate of drug-likeness (QED) is 0.548. The summed E-state index contributed by atoms with van der Waals surface area (Å²) in [6.45, 7) is 2.79. The van der Waals surface area contributed by atoms with Gasteiger partial charge < -0.3 is 9.47 Å². The molecule has 0 N–H and O–H groups in total. The van der Waals surface area contributed by atoms with Crippen LogP contribution < -0.4 is 0 Å². The Morgan fingerprint density at radius 2 is 1.78 bits per heavy atom. The smallest absolute Gasteiger partial charge is 0.408 e. The third-order valence-electron chi connectivity index (χ3n) is 3.09. The zero-order chi connectivity index (χ0) is 12.4. The highest BCUT2D eigenvalue weighted by atomic mass is 16.5. The molecule has 2 aliphatic rings. The molecular formula is C14H14NO3+. The Labute approximate surface area is 105 Å². The van der Waals surface area contributed by atoms with Gasteiger partial charge in [0.2, 0.25) is 0 Å². The molecule has 0 atom stereocenters. The number of nitrogens with zero attached hydrogens (tertiary/aromatic N) is 1. The van der Waals surface area contributed by atoms with Crippen LogP contribution in [-0.2, 0) is 14.3 Å². The van der Waals surface area contributed by atoms with Crippen LogP contribution in [0.2, 0.25) is 0 Å². The fraction of sp³-hybridized carbons (Fsp3) is 0.286. The molecule has 1 saturated heterocycles. The summed E-state index contributed by atoms with van der Waals surface area (Å²) in [4.78, 5) is 11.9. The van der Waals surface area contributed by atoms with Gasteiger partial charge in [0.1, 0.15) is 19.0 Å². The SMILES string of the molecule is O=C1OC(c2ccccc2)=CC1=[N+]1CCOCC1. The molecule has 4 nitrogen and oxygen atoms in total. The number of ether oxygens (including phenoxy) is 2. The lowest BCUT2D eigenvalue weighted by atomic mass is 10.2. The van der Waals surface area contributed by atoms with E-state index in [1.807, 2.05) is 41.0 Å². The van der Waals surface area contributed by atoms with Crippen molar-refractivity contribution >= 4 is 17.4 Å². The number of cyclic esters (lactones) is 1. The lowest BCUT2D eigenvalue weighted by Gasteiger charge is -2.10. The summed E-state index contributed by atoms with van der Waals surface area (Å²) in [5.74, 6) is 0.359. The van der Waals surface area contributed by atoms with Crippen LogP contribution in [0, 0.1) is 0 Å². The maximum Gasteiger partial charge on any atom is 0.408 e. The summed E-state index contributed by atoms with van der Waals surface area (Å²) in [5.41, 5.74) is 1.56. The third kappa shape index (κ3) is 2.07. The van der Waals surface area contributed by atoms with E-state index in [0.717, 1.165) is 18.7 Å². The fourth-order valence-electron chi connectivity index (χ4n) is 2.13. The van der Waals surface area contributed by atoms with Crippen molar-refractivity contribution in [3.63, 3.8) is 0 Å². The van der Waals surface area contributed by atoms with Gasteiger partial charge in [0.15, 0.2) is 13.1 Å². The predicted molar refractivity (Wildman–Crippen MR) is 66.3 cm³/mol. The van der Waals surface area contributed by atoms with Crippen LogP contribution in [0.3, 0.4) is 0 Å². The van der Waals surface area contributed by atoms with Crippen LogP contribution in [0.4, 0.5) is 0 Å². The van der Waals surface area contributed by atoms with Crippen molar-refractivity contribution in [1.29, 1.82) is 0 Å². The van der Waals surface area contributed by atoms with Crippen molar-refractivity contribution in [3.8, 4) is 0 Å². The molecule has 1 fully saturated rings. The van der Waals surface area contributed by atoms with Crippen molar-refractivity contribution in [2.24, 2.45) is 0 Å². The molecule has 4 heteroatoms. The molecule has 18 heavy (non-hydrogen) atoms. The minimum Gasteiger partial charge on any atom is -0.418 e. The van der Waals surface area contributed by atoms with Gasteiger partial charge in [-0.3, -0.25) is 0 Å². The van der Waals surface area contributed by atoms with E-state index >= 15 is 0 Å². The number of rotatable bonds is 1. The van der Waals surface area contributed by atoms with Gasteiger partial charge in [0.05, 0.1) is 6.08 Å².